The summed E-state index contributed by atoms with van der Waals surface area (Å²) >= 11 is 0. The molecule has 0 aliphatic carbocycles. The van der Waals surface area contributed by atoms with Crippen molar-refractivity contribution in [3.8, 4) is 5.75 Å². The average Bonchev–Trinajstić information content (AvgIpc) is 3.44. The van der Waals surface area contributed by atoms with E-state index < -0.39 is 23.6 Å². The molecule has 0 aliphatic heterocycles. The number of pyridine rings is 1. The van der Waals surface area contributed by atoms with E-state index in [4.69, 9.17) is 13.9 Å². The molecule has 2 N–H and O–H groups in total. The third kappa shape index (κ3) is 8.89. The topological polar surface area (TPSA) is 150 Å². The van der Waals surface area contributed by atoms with Gasteiger partial charge in [-0.25, -0.2) is 9.78 Å². The van der Waals surface area contributed by atoms with Gasteiger partial charge in [-0.15, -0.1) is 0 Å². The van der Waals surface area contributed by atoms with E-state index in [1.807, 2.05) is 19.1 Å². The van der Waals surface area contributed by atoms with Crippen LogP contribution in [0.2, 0.25) is 0 Å². The molecule has 0 bridgehead atoms. The molecule has 0 spiro atoms. The highest BCUT2D eigenvalue weighted by molar-refractivity contribution is 6.05. The maximum atomic E-state index is 13.1. The Hall–Kier alpha value is -4.28. The average molecular weight is 553 g/mol. The number of benzene rings is 1. The number of hydrogen-bond donors (Lipinski definition) is 2. The summed E-state index contributed by atoms with van der Waals surface area (Å²) in [4.78, 5) is 58.9. The van der Waals surface area contributed by atoms with Crippen molar-refractivity contribution in [2.75, 3.05) is 13.7 Å². The molecule has 11 heteroatoms. The Kier molecular flexibility index (Phi) is 10.4. The molecular formula is C29H36N4O7. The third-order valence-electron chi connectivity index (χ3n) is 5.95. The molecule has 0 aliphatic rings. The number of hydrogen-bond acceptors (Lipinski definition) is 9. The predicted octanol–water partition coefficient (Wildman–Crippen LogP) is 4.57. The number of amides is 2. The van der Waals surface area contributed by atoms with Crippen molar-refractivity contribution in [1.82, 2.24) is 20.6 Å². The number of unbranched alkanes of at least 4 members (excludes halogenated alkanes) is 2. The summed E-state index contributed by atoms with van der Waals surface area (Å²) in [5, 5.41) is 6.00. The van der Waals surface area contributed by atoms with Crippen LogP contribution in [0, 0.1) is 6.92 Å². The van der Waals surface area contributed by atoms with E-state index in [9.17, 15) is 19.2 Å². The number of ketones is 2. The lowest BCUT2D eigenvalue weighted by molar-refractivity contribution is -0.123. The molecule has 214 valence electrons. The smallest absolute Gasteiger partial charge is 0.408 e. The first-order chi connectivity index (χ1) is 19.0. The van der Waals surface area contributed by atoms with Crippen molar-refractivity contribution in [1.29, 1.82) is 0 Å². The molecule has 3 rings (SSSR count). The van der Waals surface area contributed by atoms with Gasteiger partial charge in [-0.1, -0.05) is 18.9 Å². The van der Waals surface area contributed by atoms with E-state index in [1.54, 1.807) is 32.9 Å². The van der Waals surface area contributed by atoms with Crippen LogP contribution in [-0.4, -0.2) is 58.8 Å². The number of rotatable bonds is 13. The van der Waals surface area contributed by atoms with Crippen molar-refractivity contribution in [3.05, 3.63) is 53.9 Å². The van der Waals surface area contributed by atoms with Crippen LogP contribution >= 0.6 is 0 Å². The van der Waals surface area contributed by atoms with Gasteiger partial charge in [0, 0.05) is 23.6 Å². The van der Waals surface area contributed by atoms with E-state index in [1.165, 1.54) is 19.6 Å². The molecule has 0 radical (unpaired) electrons. The normalized spacial score (nSPS) is 12.0. The summed E-state index contributed by atoms with van der Waals surface area (Å²) in [6, 6.07) is 6.16. The van der Waals surface area contributed by atoms with Crippen LogP contribution in [0.4, 0.5) is 4.79 Å². The van der Waals surface area contributed by atoms with E-state index in [0.717, 1.165) is 11.1 Å². The number of carbonyl (C=O) groups is 4. The van der Waals surface area contributed by atoms with Gasteiger partial charge in [0.15, 0.2) is 5.78 Å². The van der Waals surface area contributed by atoms with E-state index in [-0.39, 0.29) is 36.8 Å². The quantitative estimate of drug-likeness (QED) is 0.230. The van der Waals surface area contributed by atoms with Crippen LogP contribution < -0.4 is 15.4 Å². The minimum atomic E-state index is -0.934. The number of oxazole rings is 1. The molecule has 0 unspecified atom stereocenters. The van der Waals surface area contributed by atoms with Crippen LogP contribution in [0.15, 0.2) is 41.1 Å². The number of aromatic nitrogens is 2. The molecule has 11 nitrogen and oxygen atoms in total. The Labute approximate surface area is 233 Å². The zero-order chi connectivity index (χ0) is 29.3. The van der Waals surface area contributed by atoms with Gasteiger partial charge >= 0.3 is 6.09 Å². The first-order valence-electron chi connectivity index (χ1n) is 13.2. The molecule has 0 saturated heterocycles. The second-order valence-corrected chi connectivity index (χ2v) is 10.4. The number of aryl methyl sites for hydroxylation is 1. The summed E-state index contributed by atoms with van der Waals surface area (Å²) in [5.74, 6) is -0.643. The number of alkyl carbamates (subject to hydrolysis) is 1. The summed E-state index contributed by atoms with van der Waals surface area (Å²) in [5.41, 5.74) is 1.10. The molecule has 3 aromatic rings. The van der Waals surface area contributed by atoms with Crippen molar-refractivity contribution in [3.63, 3.8) is 0 Å². The summed E-state index contributed by atoms with van der Waals surface area (Å²) in [6.07, 6.45) is 4.31. The first-order valence-corrected chi connectivity index (χ1v) is 13.2. The number of ether oxygens (including phenoxy) is 2. The van der Waals surface area contributed by atoms with Crippen LogP contribution in [0.3, 0.4) is 0 Å². The Morgan fingerprint density at radius 1 is 1.05 bits per heavy atom. The number of Topliss-reactive ketones (excluding diaryl/α,β-unsaturated/α-hetero) is 2. The second kappa shape index (κ2) is 13.7. The summed E-state index contributed by atoms with van der Waals surface area (Å²) in [7, 11) is 1.46. The minimum Gasteiger partial charge on any atom is -0.496 e. The van der Waals surface area contributed by atoms with Gasteiger partial charge in [0.1, 0.15) is 23.7 Å². The van der Waals surface area contributed by atoms with Gasteiger partial charge in [0.2, 0.25) is 11.7 Å². The van der Waals surface area contributed by atoms with E-state index in [2.05, 4.69) is 20.6 Å². The summed E-state index contributed by atoms with van der Waals surface area (Å²) < 4.78 is 15.7. The van der Waals surface area contributed by atoms with Gasteiger partial charge in [-0.3, -0.25) is 19.4 Å². The van der Waals surface area contributed by atoms with Crippen molar-refractivity contribution in [2.45, 2.75) is 71.4 Å². The Morgan fingerprint density at radius 3 is 2.50 bits per heavy atom. The SMILES string of the molecule is COc1cc2nc(C)ccc2cc1C(=O)CNC(=O)[C@H](CCCCCC(=O)c1ncco1)NC(=O)OC(C)(C)C. The highest BCUT2D eigenvalue weighted by Crippen LogP contribution is 2.25. The standard InChI is InChI=1S/C29H36N4O7/c1-18-11-12-19-15-20(25(38-5)16-22(19)32-18)24(35)17-31-26(36)21(33-28(37)40-29(2,3)4)9-7-6-8-10-23(34)27-30-13-14-39-27/h11-16,21H,6-10,17H2,1-5H3,(H,31,36)(H,33,37)/t21-/m0/s1. The molecular weight excluding hydrogens is 516 g/mol. The number of nitrogens with one attached hydrogen (secondary N) is 2. The zero-order valence-electron chi connectivity index (χ0n) is 23.5. The molecule has 1 aromatic carbocycles. The first kappa shape index (κ1) is 30.3. The maximum Gasteiger partial charge on any atom is 0.408 e. The maximum absolute atomic E-state index is 13.1. The zero-order valence-corrected chi connectivity index (χ0v) is 23.5. The molecule has 1 atom stereocenters. The van der Waals surface area contributed by atoms with E-state index >= 15 is 0 Å². The number of carbonyl (C=O) groups excluding carboxylic acids is 4. The second-order valence-electron chi connectivity index (χ2n) is 10.4. The van der Waals surface area contributed by atoms with Gasteiger partial charge in [-0.05, 0) is 52.7 Å². The largest absolute Gasteiger partial charge is 0.496 e. The molecule has 40 heavy (non-hydrogen) atoms. The van der Waals surface area contributed by atoms with E-state index in [0.29, 0.717) is 36.1 Å². The van der Waals surface area contributed by atoms with Crippen molar-refractivity contribution >= 4 is 34.5 Å². The van der Waals surface area contributed by atoms with Crippen LogP contribution in [0.25, 0.3) is 10.9 Å². The fourth-order valence-corrected chi connectivity index (χ4v) is 4.02. The minimum absolute atomic E-state index is 0.0722. The highest BCUT2D eigenvalue weighted by Gasteiger charge is 2.25. The fraction of sp³-hybridized carbons (Fsp3) is 0.448. The van der Waals surface area contributed by atoms with Gasteiger partial charge < -0.3 is 24.5 Å². The number of methoxy groups -OCH3 is 1. The Balaban J connectivity index is 1.61. The van der Waals surface area contributed by atoms with Crippen LogP contribution in [-0.2, 0) is 9.53 Å². The highest BCUT2D eigenvalue weighted by atomic mass is 16.6. The molecule has 0 saturated carbocycles. The number of fused-ring (bicyclic) bond motifs is 1. The monoisotopic (exact) mass is 552 g/mol. The molecule has 0 fully saturated rings. The van der Waals surface area contributed by atoms with Crippen LogP contribution in [0.5, 0.6) is 5.75 Å². The lowest BCUT2D eigenvalue weighted by atomic mass is 10.0. The molecule has 2 heterocycles. The van der Waals surface area contributed by atoms with Crippen molar-refractivity contribution < 1.29 is 33.1 Å². The fourth-order valence-electron chi connectivity index (χ4n) is 4.02. The van der Waals surface area contributed by atoms with Gasteiger partial charge in [-0.2, -0.15) is 0 Å². The number of nitrogens with zero attached hydrogens (tertiary/aromatic N) is 2. The van der Waals surface area contributed by atoms with Gasteiger partial charge in [0.25, 0.3) is 5.89 Å². The lowest BCUT2D eigenvalue weighted by Gasteiger charge is -2.23. The summed E-state index contributed by atoms with van der Waals surface area (Å²) in [6.45, 7) is 6.74. The third-order valence-corrected chi connectivity index (χ3v) is 5.95. The van der Waals surface area contributed by atoms with Gasteiger partial charge in [0.05, 0.1) is 30.9 Å². The van der Waals surface area contributed by atoms with Crippen molar-refractivity contribution in [2.24, 2.45) is 0 Å². The predicted molar refractivity (Wildman–Crippen MR) is 147 cm³/mol. The molecule has 2 aromatic heterocycles. The van der Waals surface area contributed by atoms with Crippen LogP contribution in [0.1, 0.15) is 79.6 Å². The Morgan fingerprint density at radius 2 is 1.82 bits per heavy atom. The molecule has 2 amide bonds. The Bertz CT molecular complexity index is 1350. The lowest BCUT2D eigenvalue weighted by Crippen LogP contribution is -2.49.